The molecule has 2 aromatic rings. The average Bonchev–Trinajstić information content (AvgIpc) is 2.45. The van der Waals surface area contributed by atoms with Gasteiger partial charge >= 0.3 is 0 Å². The molecular weight excluding hydrogens is 268 g/mol. The van der Waals surface area contributed by atoms with Crippen LogP contribution in [0.1, 0.15) is 12.5 Å². The zero-order valence-corrected chi connectivity index (χ0v) is 12.1. The molecule has 1 aromatic heterocycles. The Morgan fingerprint density at radius 3 is 2.57 bits per heavy atom. The molecule has 0 radical (unpaired) electrons. The van der Waals surface area contributed by atoms with Gasteiger partial charge in [0.15, 0.2) is 0 Å². The zero-order valence-electron chi connectivity index (χ0n) is 12.1. The molecule has 0 saturated heterocycles. The van der Waals surface area contributed by atoms with Crippen LogP contribution in [0.15, 0.2) is 47.4 Å². The molecule has 5 heteroatoms. The van der Waals surface area contributed by atoms with E-state index in [1.807, 2.05) is 13.8 Å². The highest BCUT2D eigenvalue weighted by Crippen LogP contribution is 2.15. The third kappa shape index (κ3) is 4.21. The van der Waals surface area contributed by atoms with Crippen LogP contribution >= 0.6 is 0 Å². The fourth-order valence-corrected chi connectivity index (χ4v) is 1.93. The Hall–Kier alpha value is -2.56. The molecule has 2 rings (SSSR count). The molecule has 1 amide bonds. The van der Waals surface area contributed by atoms with Crippen molar-refractivity contribution in [3.05, 3.63) is 58.5 Å². The van der Waals surface area contributed by atoms with E-state index in [4.69, 9.17) is 4.74 Å². The minimum absolute atomic E-state index is 0.00623. The van der Waals surface area contributed by atoms with Gasteiger partial charge in [0.2, 0.25) is 5.91 Å². The van der Waals surface area contributed by atoms with Crippen LogP contribution in [0.5, 0.6) is 5.75 Å². The highest BCUT2D eigenvalue weighted by Gasteiger charge is 2.05. The second-order valence-electron chi connectivity index (χ2n) is 4.68. The number of benzene rings is 1. The normalized spacial score (nSPS) is 10.2. The molecule has 1 aromatic carbocycles. The molecule has 110 valence electrons. The molecule has 0 unspecified atom stereocenters. The van der Waals surface area contributed by atoms with Crippen LogP contribution in [0, 0.1) is 6.92 Å². The summed E-state index contributed by atoms with van der Waals surface area (Å²) in [5, 5.41) is 2.75. The number of hydrogen-bond donors (Lipinski definition) is 1. The number of aryl methyl sites for hydroxylation is 1. The Balaban J connectivity index is 2.01. The van der Waals surface area contributed by atoms with Gasteiger partial charge in [-0.15, -0.1) is 0 Å². The molecule has 0 fully saturated rings. The minimum atomic E-state index is -0.244. The van der Waals surface area contributed by atoms with Crippen LogP contribution in [0.25, 0.3) is 0 Å². The summed E-state index contributed by atoms with van der Waals surface area (Å²) in [5.74, 6) is 0.511. The van der Waals surface area contributed by atoms with Crippen molar-refractivity contribution < 1.29 is 9.53 Å². The van der Waals surface area contributed by atoms with Crippen molar-refractivity contribution in [2.75, 3.05) is 11.9 Å². The summed E-state index contributed by atoms with van der Waals surface area (Å²) in [6.45, 7) is 4.38. The first-order valence-electron chi connectivity index (χ1n) is 6.78. The van der Waals surface area contributed by atoms with Crippen molar-refractivity contribution in [1.82, 2.24) is 4.57 Å². The van der Waals surface area contributed by atoms with Gasteiger partial charge in [-0.1, -0.05) is 6.07 Å². The summed E-state index contributed by atoms with van der Waals surface area (Å²) in [4.78, 5) is 23.6. The first-order valence-corrected chi connectivity index (χ1v) is 6.78. The van der Waals surface area contributed by atoms with Gasteiger partial charge in [-0.2, -0.15) is 0 Å². The predicted octanol–water partition coefficient (Wildman–Crippen LogP) is 2.19. The maximum Gasteiger partial charge on any atom is 0.251 e. The van der Waals surface area contributed by atoms with Crippen LogP contribution < -0.4 is 15.6 Å². The minimum Gasteiger partial charge on any atom is -0.494 e. The van der Waals surface area contributed by atoms with Crippen molar-refractivity contribution >= 4 is 11.6 Å². The lowest BCUT2D eigenvalue weighted by Gasteiger charge is -2.09. The number of nitrogens with one attached hydrogen (secondary N) is 1. The van der Waals surface area contributed by atoms with E-state index in [0.717, 1.165) is 11.3 Å². The third-order valence-corrected chi connectivity index (χ3v) is 2.89. The Labute approximate surface area is 123 Å². The zero-order chi connectivity index (χ0) is 15.2. The summed E-state index contributed by atoms with van der Waals surface area (Å²) in [7, 11) is 0. The predicted molar refractivity (Wildman–Crippen MR) is 81.7 cm³/mol. The summed E-state index contributed by atoms with van der Waals surface area (Å²) in [6.07, 6.45) is 1.67. The van der Waals surface area contributed by atoms with Crippen LogP contribution in [0.2, 0.25) is 0 Å². The van der Waals surface area contributed by atoms with Crippen LogP contribution in [0.4, 0.5) is 5.69 Å². The summed E-state index contributed by atoms with van der Waals surface area (Å²) >= 11 is 0. The van der Waals surface area contributed by atoms with E-state index in [1.54, 1.807) is 36.5 Å². The number of carbonyl (C=O) groups is 1. The van der Waals surface area contributed by atoms with E-state index in [-0.39, 0.29) is 18.0 Å². The number of hydrogen-bond acceptors (Lipinski definition) is 3. The molecule has 0 bridgehead atoms. The summed E-state index contributed by atoms with van der Waals surface area (Å²) in [5.41, 5.74) is 1.41. The molecule has 0 aliphatic heterocycles. The van der Waals surface area contributed by atoms with E-state index >= 15 is 0 Å². The molecule has 0 saturated carbocycles. The first kappa shape index (κ1) is 14.8. The second kappa shape index (κ2) is 6.74. The highest BCUT2D eigenvalue weighted by atomic mass is 16.5. The number of rotatable bonds is 5. The number of ether oxygens (including phenoxy) is 1. The quantitative estimate of drug-likeness (QED) is 0.916. The van der Waals surface area contributed by atoms with E-state index < -0.39 is 0 Å². The van der Waals surface area contributed by atoms with Crippen molar-refractivity contribution in [2.45, 2.75) is 20.4 Å². The van der Waals surface area contributed by atoms with E-state index in [1.165, 1.54) is 10.6 Å². The number of anilines is 1. The number of aromatic nitrogens is 1. The molecule has 21 heavy (non-hydrogen) atoms. The molecule has 0 aliphatic carbocycles. The second-order valence-corrected chi connectivity index (χ2v) is 4.68. The molecule has 0 atom stereocenters. The highest BCUT2D eigenvalue weighted by molar-refractivity contribution is 5.90. The van der Waals surface area contributed by atoms with Gasteiger partial charge in [-0.05, 0) is 43.7 Å². The fraction of sp³-hybridized carbons (Fsp3) is 0.250. The Morgan fingerprint density at radius 2 is 1.90 bits per heavy atom. The monoisotopic (exact) mass is 286 g/mol. The van der Waals surface area contributed by atoms with E-state index in [2.05, 4.69) is 5.32 Å². The first-order chi connectivity index (χ1) is 10.1. The van der Waals surface area contributed by atoms with Gasteiger partial charge in [-0.25, -0.2) is 0 Å². The smallest absolute Gasteiger partial charge is 0.251 e. The molecule has 0 spiro atoms. The van der Waals surface area contributed by atoms with Gasteiger partial charge in [-0.3, -0.25) is 9.59 Å². The lowest BCUT2D eigenvalue weighted by Crippen LogP contribution is -2.26. The maximum absolute atomic E-state index is 12.0. The molecule has 5 nitrogen and oxygen atoms in total. The van der Waals surface area contributed by atoms with Crippen LogP contribution in [-0.2, 0) is 11.3 Å². The van der Waals surface area contributed by atoms with Crippen molar-refractivity contribution in [2.24, 2.45) is 0 Å². The summed E-state index contributed by atoms with van der Waals surface area (Å²) in [6, 6.07) is 10.3. The fourth-order valence-electron chi connectivity index (χ4n) is 1.93. The molecule has 0 aliphatic rings. The van der Waals surface area contributed by atoms with Gasteiger partial charge in [0, 0.05) is 18.0 Å². The number of carbonyl (C=O) groups excluding carboxylic acids is 1. The van der Waals surface area contributed by atoms with Gasteiger partial charge in [0.05, 0.1) is 6.61 Å². The van der Waals surface area contributed by atoms with Crippen LogP contribution in [-0.4, -0.2) is 17.1 Å². The Morgan fingerprint density at radius 1 is 1.19 bits per heavy atom. The lowest BCUT2D eigenvalue weighted by molar-refractivity contribution is -0.116. The molecular formula is C16H18N2O3. The SMILES string of the molecule is CCOc1ccc(NC(=O)Cn2cc(C)ccc2=O)cc1. The van der Waals surface area contributed by atoms with Gasteiger partial charge in [0.1, 0.15) is 12.3 Å². The standard InChI is InChI=1S/C16H18N2O3/c1-3-21-14-7-5-13(6-8-14)17-15(19)11-18-10-12(2)4-9-16(18)20/h4-10H,3,11H2,1-2H3,(H,17,19). The van der Waals surface area contributed by atoms with Crippen molar-refractivity contribution in [3.8, 4) is 5.75 Å². The Kier molecular flexibility index (Phi) is 4.77. The van der Waals surface area contributed by atoms with E-state index in [9.17, 15) is 9.59 Å². The maximum atomic E-state index is 12.0. The topological polar surface area (TPSA) is 60.3 Å². The Bertz CT molecular complexity index is 675. The van der Waals surface area contributed by atoms with Crippen molar-refractivity contribution in [3.63, 3.8) is 0 Å². The van der Waals surface area contributed by atoms with Crippen molar-refractivity contribution in [1.29, 1.82) is 0 Å². The number of amides is 1. The van der Waals surface area contributed by atoms with E-state index in [0.29, 0.717) is 12.3 Å². The molecule has 1 heterocycles. The summed E-state index contributed by atoms with van der Waals surface area (Å²) < 4.78 is 6.72. The largest absolute Gasteiger partial charge is 0.494 e. The van der Waals surface area contributed by atoms with Gasteiger partial charge in [0.25, 0.3) is 5.56 Å². The third-order valence-electron chi connectivity index (χ3n) is 2.89. The van der Waals surface area contributed by atoms with Gasteiger partial charge < -0.3 is 14.6 Å². The number of pyridine rings is 1. The molecule has 1 N–H and O–H groups in total. The average molecular weight is 286 g/mol. The lowest BCUT2D eigenvalue weighted by atomic mass is 10.3. The number of nitrogens with zero attached hydrogens (tertiary/aromatic N) is 1. The van der Waals surface area contributed by atoms with Crippen LogP contribution in [0.3, 0.4) is 0 Å².